The molecule has 0 amide bonds. The highest BCUT2D eigenvalue weighted by molar-refractivity contribution is 5.94. The summed E-state index contributed by atoms with van der Waals surface area (Å²) >= 11 is 0. The minimum Gasteiger partial charge on any atom is -0.354 e. The Morgan fingerprint density at radius 2 is 2.00 bits per heavy atom. The Balaban J connectivity index is 0.000000722. The maximum absolute atomic E-state index is 4.39. The topological polar surface area (TPSA) is 65.1 Å². The van der Waals surface area contributed by atoms with E-state index in [1.54, 1.807) is 0 Å². The molecule has 0 bridgehead atoms. The number of aliphatic imine (C=N–C) groups is 1. The molecule has 92 valence electrons. The second kappa shape index (κ2) is 5.75. The summed E-state index contributed by atoms with van der Waals surface area (Å²) in [5.74, 6) is 1.51. The third kappa shape index (κ3) is 2.81. The standard InChI is InChI=1S/C10H11N5.2ClH/c1-2-4-8-7(3-1)13-10(14-8)15-9-11-5-6-12-9;;/h1-4H,5-6H2,(H3,11,12,13,14,15);2*1H. The van der Waals surface area contributed by atoms with Crippen LogP contribution in [0, 0.1) is 0 Å². The van der Waals surface area contributed by atoms with Gasteiger partial charge in [-0.15, -0.1) is 24.8 Å². The highest BCUT2D eigenvalue weighted by Gasteiger charge is 2.07. The molecule has 0 saturated carbocycles. The fourth-order valence-electron chi connectivity index (χ4n) is 1.61. The van der Waals surface area contributed by atoms with Gasteiger partial charge >= 0.3 is 0 Å². The van der Waals surface area contributed by atoms with Crippen molar-refractivity contribution in [3.05, 3.63) is 24.3 Å². The highest BCUT2D eigenvalue weighted by Crippen LogP contribution is 2.13. The molecule has 0 unspecified atom stereocenters. The summed E-state index contributed by atoms with van der Waals surface area (Å²) in [6.07, 6.45) is 0. The van der Waals surface area contributed by atoms with Crippen molar-refractivity contribution < 1.29 is 0 Å². The van der Waals surface area contributed by atoms with Crippen LogP contribution in [0.2, 0.25) is 0 Å². The minimum atomic E-state index is 0. The van der Waals surface area contributed by atoms with Gasteiger partial charge in [-0.25, -0.2) is 4.98 Å². The summed E-state index contributed by atoms with van der Waals surface area (Å²) in [6, 6.07) is 7.92. The van der Waals surface area contributed by atoms with Crippen molar-refractivity contribution in [1.29, 1.82) is 0 Å². The Labute approximate surface area is 111 Å². The molecule has 0 atom stereocenters. The second-order valence-electron chi connectivity index (χ2n) is 3.38. The van der Waals surface area contributed by atoms with Crippen molar-refractivity contribution in [2.45, 2.75) is 0 Å². The molecular formula is C10H13Cl2N5. The number of para-hydroxylation sites is 2. The zero-order valence-corrected chi connectivity index (χ0v) is 10.6. The lowest BCUT2D eigenvalue weighted by Gasteiger charge is -2.01. The maximum atomic E-state index is 4.39. The number of benzene rings is 1. The molecule has 5 nitrogen and oxygen atoms in total. The molecule has 0 aliphatic carbocycles. The molecule has 17 heavy (non-hydrogen) atoms. The lowest BCUT2D eigenvalue weighted by molar-refractivity contribution is 0.958. The highest BCUT2D eigenvalue weighted by atomic mass is 35.5. The maximum Gasteiger partial charge on any atom is 0.208 e. The van der Waals surface area contributed by atoms with Gasteiger partial charge in [-0.05, 0) is 12.1 Å². The van der Waals surface area contributed by atoms with E-state index in [0.29, 0.717) is 0 Å². The lowest BCUT2D eigenvalue weighted by atomic mass is 10.3. The molecule has 0 spiro atoms. The van der Waals surface area contributed by atoms with Gasteiger partial charge in [-0.3, -0.25) is 10.3 Å². The van der Waals surface area contributed by atoms with E-state index in [1.807, 2.05) is 24.3 Å². The average Bonchev–Trinajstić information content (AvgIpc) is 2.86. The number of H-pyrrole nitrogens is 1. The number of nitrogens with zero attached hydrogens (tertiary/aromatic N) is 2. The van der Waals surface area contributed by atoms with Crippen LogP contribution >= 0.6 is 24.8 Å². The van der Waals surface area contributed by atoms with Crippen LogP contribution in [0.4, 0.5) is 5.95 Å². The lowest BCUT2D eigenvalue weighted by Crippen LogP contribution is -2.26. The normalized spacial score (nSPS) is 13.3. The second-order valence-corrected chi connectivity index (χ2v) is 3.38. The van der Waals surface area contributed by atoms with Gasteiger partial charge in [0.25, 0.3) is 0 Å². The number of hydrogen-bond donors (Lipinski definition) is 3. The number of aromatic amines is 1. The molecule has 0 saturated heterocycles. The van der Waals surface area contributed by atoms with Crippen molar-refractivity contribution in [2.24, 2.45) is 4.99 Å². The summed E-state index contributed by atoms with van der Waals surface area (Å²) in [5.41, 5.74) is 1.98. The molecule has 3 rings (SSSR count). The Bertz CT molecular complexity index is 489. The number of halogens is 2. The first-order valence-corrected chi connectivity index (χ1v) is 4.92. The predicted octanol–water partition coefficient (Wildman–Crippen LogP) is 1.78. The fourth-order valence-corrected chi connectivity index (χ4v) is 1.61. The monoisotopic (exact) mass is 273 g/mol. The van der Waals surface area contributed by atoms with Crippen LogP contribution in [-0.4, -0.2) is 29.0 Å². The average molecular weight is 274 g/mol. The summed E-state index contributed by atoms with van der Waals surface area (Å²) in [5, 5.41) is 6.23. The number of rotatable bonds is 1. The molecule has 1 aromatic heterocycles. The van der Waals surface area contributed by atoms with Crippen LogP contribution in [-0.2, 0) is 0 Å². The quantitative estimate of drug-likeness (QED) is 0.742. The van der Waals surface area contributed by atoms with Crippen LogP contribution in [0.3, 0.4) is 0 Å². The fraction of sp³-hybridized carbons (Fsp3) is 0.200. The Kier molecular flexibility index (Phi) is 4.60. The van der Waals surface area contributed by atoms with Gasteiger partial charge in [-0.2, -0.15) is 0 Å². The van der Waals surface area contributed by atoms with E-state index in [9.17, 15) is 0 Å². The van der Waals surface area contributed by atoms with Crippen LogP contribution in [0.25, 0.3) is 11.0 Å². The Morgan fingerprint density at radius 3 is 2.71 bits per heavy atom. The van der Waals surface area contributed by atoms with Crippen molar-refractivity contribution in [2.75, 3.05) is 18.4 Å². The third-order valence-corrected chi connectivity index (χ3v) is 2.30. The number of nitrogens with one attached hydrogen (secondary N) is 3. The number of fused-ring (bicyclic) bond motifs is 1. The molecule has 3 N–H and O–H groups in total. The van der Waals surface area contributed by atoms with Crippen LogP contribution < -0.4 is 10.6 Å². The number of imidazole rings is 1. The van der Waals surface area contributed by atoms with Gasteiger partial charge in [0.1, 0.15) is 0 Å². The van der Waals surface area contributed by atoms with Gasteiger partial charge < -0.3 is 10.3 Å². The van der Waals surface area contributed by atoms with Gasteiger partial charge in [0.15, 0.2) is 5.96 Å². The summed E-state index contributed by atoms with van der Waals surface area (Å²) in [4.78, 5) is 11.8. The van der Waals surface area contributed by atoms with E-state index in [0.717, 1.165) is 36.0 Å². The van der Waals surface area contributed by atoms with E-state index in [-0.39, 0.29) is 24.8 Å². The Hall–Kier alpha value is -1.46. The molecule has 2 heterocycles. The van der Waals surface area contributed by atoms with Gasteiger partial charge in [0, 0.05) is 6.54 Å². The van der Waals surface area contributed by atoms with E-state index in [2.05, 4.69) is 25.6 Å². The summed E-state index contributed by atoms with van der Waals surface area (Å²) < 4.78 is 0. The Morgan fingerprint density at radius 1 is 1.18 bits per heavy atom. The van der Waals surface area contributed by atoms with Crippen LogP contribution in [0.5, 0.6) is 0 Å². The summed E-state index contributed by atoms with van der Waals surface area (Å²) in [6.45, 7) is 1.71. The SMILES string of the molecule is Cl.Cl.c1ccc2[nH]c(NC3=NCCN3)nc2c1. The molecule has 7 heteroatoms. The van der Waals surface area contributed by atoms with Crippen LogP contribution in [0.1, 0.15) is 0 Å². The first kappa shape index (κ1) is 13.6. The van der Waals surface area contributed by atoms with E-state index in [1.165, 1.54) is 0 Å². The zero-order chi connectivity index (χ0) is 10.1. The van der Waals surface area contributed by atoms with E-state index in [4.69, 9.17) is 0 Å². The molecule has 1 aliphatic heterocycles. The van der Waals surface area contributed by atoms with Gasteiger partial charge in [0.05, 0.1) is 17.6 Å². The minimum absolute atomic E-state index is 0. The molecular weight excluding hydrogens is 261 g/mol. The first-order valence-electron chi connectivity index (χ1n) is 4.92. The van der Waals surface area contributed by atoms with Gasteiger partial charge in [-0.1, -0.05) is 12.1 Å². The third-order valence-electron chi connectivity index (χ3n) is 2.30. The van der Waals surface area contributed by atoms with Crippen molar-refractivity contribution in [3.63, 3.8) is 0 Å². The number of aromatic nitrogens is 2. The number of guanidine groups is 1. The van der Waals surface area contributed by atoms with Crippen molar-refractivity contribution in [3.8, 4) is 0 Å². The predicted molar refractivity (Wildman–Crippen MR) is 74.5 cm³/mol. The van der Waals surface area contributed by atoms with Crippen LogP contribution in [0.15, 0.2) is 29.3 Å². The van der Waals surface area contributed by atoms with E-state index >= 15 is 0 Å². The first-order chi connectivity index (χ1) is 7.42. The number of hydrogen-bond acceptors (Lipinski definition) is 4. The van der Waals surface area contributed by atoms with E-state index < -0.39 is 0 Å². The molecule has 1 aromatic carbocycles. The molecule has 2 aromatic rings. The number of anilines is 1. The van der Waals surface area contributed by atoms with Gasteiger partial charge in [0.2, 0.25) is 5.95 Å². The molecule has 1 aliphatic rings. The largest absolute Gasteiger partial charge is 0.354 e. The zero-order valence-electron chi connectivity index (χ0n) is 8.93. The van der Waals surface area contributed by atoms with Crippen molar-refractivity contribution in [1.82, 2.24) is 15.3 Å². The molecule has 0 radical (unpaired) electrons. The molecule has 0 fully saturated rings. The summed E-state index contributed by atoms with van der Waals surface area (Å²) in [7, 11) is 0. The van der Waals surface area contributed by atoms with Crippen molar-refractivity contribution >= 4 is 47.8 Å². The smallest absolute Gasteiger partial charge is 0.208 e.